The first-order chi connectivity index (χ1) is 16.4. The van der Waals surface area contributed by atoms with Crippen LogP contribution in [0.1, 0.15) is 96.6 Å². The van der Waals surface area contributed by atoms with E-state index in [9.17, 15) is 9.59 Å². The Bertz CT molecular complexity index is 957. The van der Waals surface area contributed by atoms with Crippen LogP contribution < -0.4 is 27.3 Å². The highest BCUT2D eigenvalue weighted by molar-refractivity contribution is 5.83. The number of ether oxygens (including phenoxy) is 1. The van der Waals surface area contributed by atoms with Gasteiger partial charge in [0.15, 0.2) is 0 Å². The number of carbonyl (C=O) groups is 1. The highest BCUT2D eigenvalue weighted by atomic mass is 79.9. The quantitative estimate of drug-likeness (QED) is 0.104. The second-order valence-electron chi connectivity index (χ2n) is 9.57. The molecule has 0 saturated carbocycles. The summed E-state index contributed by atoms with van der Waals surface area (Å²) >= 11 is 0. The second kappa shape index (κ2) is 16.2. The molecule has 0 unspecified atom stereocenters. The van der Waals surface area contributed by atoms with Crippen molar-refractivity contribution in [2.45, 2.75) is 98.8 Å². The minimum absolute atomic E-state index is 0. The third kappa shape index (κ3) is 9.38. The van der Waals surface area contributed by atoms with Crippen LogP contribution in [0.25, 0.3) is 11.0 Å². The molecule has 1 aromatic carbocycles. The van der Waals surface area contributed by atoms with Crippen LogP contribution in [-0.4, -0.2) is 36.6 Å². The van der Waals surface area contributed by atoms with Gasteiger partial charge in [0.25, 0.3) is 0 Å². The summed E-state index contributed by atoms with van der Waals surface area (Å²) in [5.74, 6) is 0.203. The van der Waals surface area contributed by atoms with Crippen molar-refractivity contribution >= 4 is 16.9 Å². The molecule has 198 valence electrons. The van der Waals surface area contributed by atoms with Crippen LogP contribution in [0.15, 0.2) is 27.4 Å². The van der Waals surface area contributed by atoms with E-state index in [0.717, 1.165) is 23.8 Å². The lowest BCUT2D eigenvalue weighted by Crippen LogP contribution is -3.00. The fourth-order valence-electron chi connectivity index (χ4n) is 4.95. The first-order valence-corrected chi connectivity index (χ1v) is 13.5. The SMILES string of the molecule is CCc1c(C)c2ccc(OC(=O)CCCCCCCCCC[N+](CC)(CC)CC)cc2oc1=O.[Br-]. The van der Waals surface area contributed by atoms with Crippen molar-refractivity contribution in [2.24, 2.45) is 0 Å². The normalized spacial score (nSPS) is 11.5. The fourth-order valence-corrected chi connectivity index (χ4v) is 4.95. The molecule has 1 aromatic heterocycles. The Morgan fingerprint density at radius 1 is 0.886 bits per heavy atom. The first-order valence-electron chi connectivity index (χ1n) is 13.5. The molecule has 2 aromatic rings. The van der Waals surface area contributed by atoms with Gasteiger partial charge in [-0.2, -0.15) is 0 Å². The molecule has 0 spiro atoms. The molecule has 1 heterocycles. The van der Waals surface area contributed by atoms with Crippen molar-refractivity contribution in [1.29, 1.82) is 0 Å². The average molecular weight is 553 g/mol. The van der Waals surface area contributed by atoms with Gasteiger partial charge in [0, 0.05) is 23.4 Å². The molecule has 0 aliphatic heterocycles. The number of hydrogen-bond acceptors (Lipinski definition) is 4. The Morgan fingerprint density at radius 2 is 1.46 bits per heavy atom. The number of benzene rings is 1. The summed E-state index contributed by atoms with van der Waals surface area (Å²) in [5.41, 5.74) is 1.78. The fraction of sp³-hybridized carbons (Fsp3) is 0.655. The van der Waals surface area contributed by atoms with Gasteiger partial charge in [0.05, 0.1) is 26.2 Å². The Labute approximate surface area is 222 Å². The van der Waals surface area contributed by atoms with E-state index in [0.29, 0.717) is 29.7 Å². The minimum Gasteiger partial charge on any atom is -1.00 e. The molecule has 2 rings (SSSR count). The number of carbonyl (C=O) groups excluding carboxylic acids is 1. The van der Waals surface area contributed by atoms with Gasteiger partial charge in [-0.25, -0.2) is 4.79 Å². The Balaban J connectivity index is 0.00000612. The number of nitrogens with zero attached hydrogens (tertiary/aromatic N) is 1. The van der Waals surface area contributed by atoms with Crippen molar-refractivity contribution in [3.8, 4) is 5.75 Å². The van der Waals surface area contributed by atoms with E-state index in [4.69, 9.17) is 9.15 Å². The number of quaternary nitrogens is 1. The predicted molar refractivity (Wildman–Crippen MR) is 141 cm³/mol. The maximum atomic E-state index is 12.2. The first kappa shape index (κ1) is 31.4. The van der Waals surface area contributed by atoms with Gasteiger partial charge in [-0.05, 0) is 71.1 Å². The smallest absolute Gasteiger partial charge is 0.339 e. The Kier molecular flexibility index (Phi) is 14.5. The minimum atomic E-state index is -0.314. The van der Waals surface area contributed by atoms with E-state index in [1.54, 1.807) is 12.1 Å². The summed E-state index contributed by atoms with van der Waals surface area (Å²) in [6.45, 7) is 15.8. The maximum Gasteiger partial charge on any atom is 0.339 e. The lowest BCUT2D eigenvalue weighted by atomic mass is 10.0. The number of unbranched alkanes of at least 4 members (excludes halogenated alkanes) is 7. The zero-order valence-electron chi connectivity index (χ0n) is 22.6. The summed E-state index contributed by atoms with van der Waals surface area (Å²) < 4.78 is 12.2. The molecule has 0 aliphatic rings. The van der Waals surface area contributed by atoms with Crippen LogP contribution >= 0.6 is 0 Å². The second-order valence-corrected chi connectivity index (χ2v) is 9.57. The molecule has 0 atom stereocenters. The molecule has 0 fully saturated rings. The molecule has 0 aliphatic carbocycles. The van der Waals surface area contributed by atoms with Gasteiger partial charge in [0.2, 0.25) is 0 Å². The van der Waals surface area contributed by atoms with Crippen molar-refractivity contribution in [3.63, 3.8) is 0 Å². The molecule has 0 bridgehead atoms. The third-order valence-electron chi connectivity index (χ3n) is 7.62. The van der Waals surface area contributed by atoms with Crippen LogP contribution in [0.5, 0.6) is 5.75 Å². The van der Waals surface area contributed by atoms with Crippen LogP contribution in [0.4, 0.5) is 0 Å². The number of rotatable bonds is 16. The van der Waals surface area contributed by atoms with Gasteiger partial charge < -0.3 is 30.6 Å². The van der Waals surface area contributed by atoms with E-state index in [2.05, 4.69) is 20.8 Å². The van der Waals surface area contributed by atoms with E-state index < -0.39 is 0 Å². The topological polar surface area (TPSA) is 56.5 Å². The summed E-state index contributed by atoms with van der Waals surface area (Å²) in [5, 5.41) is 0.885. The Hall–Kier alpha value is -1.66. The number of hydrogen-bond donors (Lipinski definition) is 0. The van der Waals surface area contributed by atoms with E-state index in [1.807, 2.05) is 19.9 Å². The molecule has 0 saturated heterocycles. The van der Waals surface area contributed by atoms with Crippen LogP contribution in [-0.2, 0) is 11.2 Å². The summed E-state index contributed by atoms with van der Waals surface area (Å²) in [7, 11) is 0. The van der Waals surface area contributed by atoms with Crippen LogP contribution in [0.3, 0.4) is 0 Å². The maximum absolute atomic E-state index is 12.2. The largest absolute Gasteiger partial charge is 1.00 e. The van der Waals surface area contributed by atoms with Crippen molar-refractivity contribution in [3.05, 3.63) is 39.7 Å². The van der Waals surface area contributed by atoms with Crippen LogP contribution in [0, 0.1) is 6.92 Å². The van der Waals surface area contributed by atoms with Crippen molar-refractivity contribution in [1.82, 2.24) is 0 Å². The molecular weight excluding hydrogens is 506 g/mol. The lowest BCUT2D eigenvalue weighted by molar-refractivity contribution is -0.923. The number of fused-ring (bicyclic) bond motifs is 1. The van der Waals surface area contributed by atoms with E-state index >= 15 is 0 Å². The lowest BCUT2D eigenvalue weighted by Gasteiger charge is -2.35. The van der Waals surface area contributed by atoms with E-state index in [-0.39, 0.29) is 28.6 Å². The summed E-state index contributed by atoms with van der Waals surface area (Å²) in [4.78, 5) is 24.4. The summed E-state index contributed by atoms with van der Waals surface area (Å²) in [6.07, 6.45) is 10.6. The third-order valence-corrected chi connectivity index (χ3v) is 7.62. The molecule has 0 radical (unpaired) electrons. The van der Waals surface area contributed by atoms with Gasteiger partial charge in [-0.3, -0.25) is 4.79 Å². The molecule has 0 N–H and O–H groups in total. The van der Waals surface area contributed by atoms with Gasteiger partial charge in [-0.1, -0.05) is 39.0 Å². The standard InChI is InChI=1S/C29H46NO4.BrH/c1-6-25-23(5)26-20-19-24(22-27(26)34-29(25)32)33-28(31)18-16-14-12-10-11-13-15-17-21-30(7-2,8-3)9-4;/h19-20,22H,6-18,21H2,1-5H3;1H/q+1;/p-1. The molecule has 6 heteroatoms. The Morgan fingerprint density at radius 3 is 2.03 bits per heavy atom. The van der Waals surface area contributed by atoms with Gasteiger partial charge >= 0.3 is 11.6 Å². The molecule has 35 heavy (non-hydrogen) atoms. The summed E-state index contributed by atoms with van der Waals surface area (Å²) in [6, 6.07) is 5.28. The molecule has 5 nitrogen and oxygen atoms in total. The monoisotopic (exact) mass is 551 g/mol. The van der Waals surface area contributed by atoms with Crippen LogP contribution in [0.2, 0.25) is 0 Å². The van der Waals surface area contributed by atoms with E-state index in [1.165, 1.54) is 69.2 Å². The number of esters is 1. The highest BCUT2D eigenvalue weighted by Crippen LogP contribution is 2.25. The van der Waals surface area contributed by atoms with Gasteiger partial charge in [0.1, 0.15) is 11.3 Å². The van der Waals surface area contributed by atoms with Gasteiger partial charge in [-0.15, -0.1) is 0 Å². The zero-order chi connectivity index (χ0) is 25.0. The number of aryl methyl sites for hydroxylation is 1. The zero-order valence-corrected chi connectivity index (χ0v) is 24.2. The molecule has 0 amide bonds. The predicted octanol–water partition coefficient (Wildman–Crippen LogP) is 3.96. The van der Waals surface area contributed by atoms with Crippen molar-refractivity contribution < 1.29 is 35.4 Å². The molecular formula is C29H46BrNO4. The average Bonchev–Trinajstić information content (AvgIpc) is 2.83. The highest BCUT2D eigenvalue weighted by Gasteiger charge is 2.19. The number of halogens is 1. The van der Waals surface area contributed by atoms with Crippen molar-refractivity contribution in [2.75, 3.05) is 26.2 Å².